The SMILES string of the molecule is Cc1cccn2cc(COc3ccccc3C(=O)N3CCC(C)(CN)C3)nc12.Cl.Cl. The minimum Gasteiger partial charge on any atom is -0.486 e. The lowest BCUT2D eigenvalue weighted by Gasteiger charge is -2.23. The van der Waals surface area contributed by atoms with Crippen LogP contribution < -0.4 is 10.5 Å². The average Bonchev–Trinajstić information content (AvgIpc) is 3.31. The Bertz CT molecular complexity index is 1020. The summed E-state index contributed by atoms with van der Waals surface area (Å²) in [4.78, 5) is 19.6. The number of imidazole rings is 1. The van der Waals surface area contributed by atoms with E-state index in [1.54, 1.807) is 0 Å². The lowest BCUT2D eigenvalue weighted by molar-refractivity contribution is 0.0772. The quantitative estimate of drug-likeness (QED) is 0.639. The number of ether oxygens (including phenoxy) is 1. The fraction of sp³-hybridized carbons (Fsp3) is 0.364. The molecule has 1 atom stereocenters. The van der Waals surface area contributed by atoms with Gasteiger partial charge in [-0.15, -0.1) is 24.8 Å². The van der Waals surface area contributed by atoms with Crippen LogP contribution in [0.4, 0.5) is 0 Å². The van der Waals surface area contributed by atoms with Crippen LogP contribution >= 0.6 is 24.8 Å². The number of halogens is 2. The van der Waals surface area contributed by atoms with Gasteiger partial charge in [-0.1, -0.05) is 25.1 Å². The van der Waals surface area contributed by atoms with Crippen LogP contribution in [-0.2, 0) is 6.61 Å². The van der Waals surface area contributed by atoms with Gasteiger partial charge in [0.15, 0.2) is 0 Å². The second-order valence-corrected chi connectivity index (χ2v) is 7.93. The van der Waals surface area contributed by atoms with Crippen LogP contribution in [0.15, 0.2) is 48.8 Å². The summed E-state index contributed by atoms with van der Waals surface area (Å²) in [6.45, 7) is 6.48. The highest BCUT2D eigenvalue weighted by molar-refractivity contribution is 5.97. The van der Waals surface area contributed by atoms with E-state index in [1.807, 2.05) is 65.0 Å². The summed E-state index contributed by atoms with van der Waals surface area (Å²) >= 11 is 0. The molecule has 0 spiro atoms. The molecule has 0 aliphatic carbocycles. The summed E-state index contributed by atoms with van der Waals surface area (Å²) in [5.74, 6) is 0.584. The van der Waals surface area contributed by atoms with Gasteiger partial charge in [-0.3, -0.25) is 4.79 Å². The van der Waals surface area contributed by atoms with Crippen LogP contribution in [0.5, 0.6) is 5.75 Å². The molecule has 2 aromatic heterocycles. The van der Waals surface area contributed by atoms with Gasteiger partial charge in [0.2, 0.25) is 0 Å². The number of hydrogen-bond acceptors (Lipinski definition) is 4. The van der Waals surface area contributed by atoms with Crippen molar-refractivity contribution in [3.8, 4) is 5.75 Å². The number of nitrogens with two attached hydrogens (primary N) is 1. The van der Waals surface area contributed by atoms with Gasteiger partial charge < -0.3 is 19.8 Å². The molecule has 1 saturated heterocycles. The summed E-state index contributed by atoms with van der Waals surface area (Å²) in [6.07, 6.45) is 4.86. The van der Waals surface area contributed by atoms with Crippen molar-refractivity contribution >= 4 is 36.4 Å². The normalized spacial score (nSPS) is 18.0. The Morgan fingerprint density at radius 3 is 2.70 bits per heavy atom. The van der Waals surface area contributed by atoms with Crippen molar-refractivity contribution in [2.75, 3.05) is 19.6 Å². The highest BCUT2D eigenvalue weighted by Crippen LogP contribution is 2.31. The van der Waals surface area contributed by atoms with E-state index in [0.29, 0.717) is 31.0 Å². The predicted molar refractivity (Wildman–Crippen MR) is 123 cm³/mol. The molecule has 30 heavy (non-hydrogen) atoms. The molecule has 0 radical (unpaired) electrons. The minimum atomic E-state index is -0.00128. The van der Waals surface area contributed by atoms with Crippen molar-refractivity contribution in [3.05, 3.63) is 65.6 Å². The molecular formula is C22H28Cl2N4O2. The van der Waals surface area contributed by atoms with Crippen molar-refractivity contribution in [2.45, 2.75) is 26.9 Å². The number of aryl methyl sites for hydroxylation is 1. The maximum absolute atomic E-state index is 13.1. The first kappa shape index (κ1) is 24.0. The maximum Gasteiger partial charge on any atom is 0.257 e. The molecule has 1 aliphatic heterocycles. The summed E-state index contributed by atoms with van der Waals surface area (Å²) < 4.78 is 7.99. The van der Waals surface area contributed by atoms with Crippen molar-refractivity contribution in [3.63, 3.8) is 0 Å². The molecule has 1 unspecified atom stereocenters. The monoisotopic (exact) mass is 450 g/mol. The smallest absolute Gasteiger partial charge is 0.257 e. The van der Waals surface area contributed by atoms with Crippen LogP contribution in [0.3, 0.4) is 0 Å². The Morgan fingerprint density at radius 1 is 1.23 bits per heavy atom. The van der Waals surface area contributed by atoms with Crippen LogP contribution in [0.2, 0.25) is 0 Å². The van der Waals surface area contributed by atoms with E-state index in [2.05, 4.69) is 11.9 Å². The zero-order valence-corrected chi connectivity index (χ0v) is 18.8. The van der Waals surface area contributed by atoms with Gasteiger partial charge in [-0.25, -0.2) is 4.98 Å². The van der Waals surface area contributed by atoms with Crippen molar-refractivity contribution < 1.29 is 9.53 Å². The fourth-order valence-electron chi connectivity index (χ4n) is 3.73. The largest absolute Gasteiger partial charge is 0.486 e. The standard InChI is InChI=1S/C22H26N4O2.2ClH/c1-16-6-5-10-25-12-17(24-20(16)25)13-28-19-8-4-3-7-18(19)21(27)26-11-9-22(2,14-23)15-26;;/h3-8,10,12H,9,11,13-15,23H2,1-2H3;2*1H. The van der Waals surface area contributed by atoms with Gasteiger partial charge in [-0.05, 0) is 49.1 Å². The molecule has 8 heteroatoms. The van der Waals surface area contributed by atoms with Crippen LogP contribution in [0.1, 0.15) is 35.0 Å². The zero-order valence-electron chi connectivity index (χ0n) is 17.2. The topological polar surface area (TPSA) is 72.9 Å². The van der Waals surface area contributed by atoms with E-state index < -0.39 is 0 Å². The summed E-state index contributed by atoms with van der Waals surface area (Å²) in [6, 6.07) is 11.4. The number of carbonyl (C=O) groups is 1. The number of nitrogens with zero attached hydrogens (tertiary/aromatic N) is 3. The third-order valence-electron chi connectivity index (χ3n) is 5.56. The fourth-order valence-corrected chi connectivity index (χ4v) is 3.73. The van der Waals surface area contributed by atoms with E-state index in [-0.39, 0.29) is 36.1 Å². The van der Waals surface area contributed by atoms with E-state index >= 15 is 0 Å². The predicted octanol–water partition coefficient (Wildman–Crippen LogP) is 3.88. The molecule has 1 aromatic carbocycles. The summed E-state index contributed by atoms with van der Waals surface area (Å²) in [5.41, 5.74) is 9.33. The van der Waals surface area contributed by atoms with E-state index in [1.165, 1.54) is 0 Å². The van der Waals surface area contributed by atoms with Gasteiger partial charge in [-0.2, -0.15) is 0 Å². The van der Waals surface area contributed by atoms with Gasteiger partial charge in [0, 0.05) is 25.5 Å². The van der Waals surface area contributed by atoms with Gasteiger partial charge >= 0.3 is 0 Å². The molecule has 162 valence electrons. The number of likely N-dealkylation sites (tertiary alicyclic amines) is 1. The van der Waals surface area contributed by atoms with Gasteiger partial charge in [0.1, 0.15) is 18.0 Å². The summed E-state index contributed by atoms with van der Waals surface area (Å²) in [5, 5.41) is 0. The Morgan fingerprint density at radius 2 is 2.00 bits per heavy atom. The first-order valence-corrected chi connectivity index (χ1v) is 9.63. The molecule has 0 bridgehead atoms. The third-order valence-corrected chi connectivity index (χ3v) is 5.56. The van der Waals surface area contributed by atoms with E-state index in [9.17, 15) is 4.79 Å². The van der Waals surface area contributed by atoms with Crippen LogP contribution in [0.25, 0.3) is 5.65 Å². The van der Waals surface area contributed by atoms with Crippen molar-refractivity contribution in [1.29, 1.82) is 0 Å². The number of para-hydroxylation sites is 1. The third kappa shape index (κ3) is 4.72. The Hall–Kier alpha value is -2.28. The second-order valence-electron chi connectivity index (χ2n) is 7.93. The van der Waals surface area contributed by atoms with Crippen LogP contribution in [-0.4, -0.2) is 39.8 Å². The number of aromatic nitrogens is 2. The molecule has 6 nitrogen and oxygen atoms in total. The molecule has 2 N–H and O–H groups in total. The maximum atomic E-state index is 13.1. The average molecular weight is 451 g/mol. The highest BCUT2D eigenvalue weighted by Gasteiger charge is 2.35. The molecule has 1 aliphatic rings. The number of amides is 1. The number of carbonyl (C=O) groups excluding carboxylic acids is 1. The number of pyridine rings is 1. The lowest BCUT2D eigenvalue weighted by Crippen LogP contribution is -2.34. The highest BCUT2D eigenvalue weighted by atomic mass is 35.5. The zero-order chi connectivity index (χ0) is 19.7. The second kappa shape index (κ2) is 9.69. The molecule has 3 heterocycles. The molecular weight excluding hydrogens is 423 g/mol. The number of fused-ring (bicyclic) bond motifs is 1. The van der Waals surface area contributed by atoms with Crippen molar-refractivity contribution in [2.24, 2.45) is 11.1 Å². The van der Waals surface area contributed by atoms with Gasteiger partial charge in [0.25, 0.3) is 5.91 Å². The Balaban J connectivity index is 0.00000160. The lowest BCUT2D eigenvalue weighted by atomic mass is 9.90. The minimum absolute atomic E-state index is 0. The Kier molecular flexibility index (Phi) is 7.75. The van der Waals surface area contributed by atoms with E-state index in [0.717, 1.165) is 29.9 Å². The number of hydrogen-bond donors (Lipinski definition) is 1. The molecule has 1 fully saturated rings. The molecule has 1 amide bonds. The molecule has 3 aromatic rings. The van der Waals surface area contributed by atoms with Crippen molar-refractivity contribution in [1.82, 2.24) is 14.3 Å². The van der Waals surface area contributed by atoms with Gasteiger partial charge in [0.05, 0.1) is 11.3 Å². The Labute approximate surface area is 189 Å². The van der Waals surface area contributed by atoms with Crippen LogP contribution in [0, 0.1) is 12.3 Å². The van der Waals surface area contributed by atoms with E-state index in [4.69, 9.17) is 10.5 Å². The number of benzene rings is 1. The molecule has 4 rings (SSSR count). The first-order chi connectivity index (χ1) is 13.5. The number of rotatable bonds is 5. The first-order valence-electron chi connectivity index (χ1n) is 9.63. The summed E-state index contributed by atoms with van der Waals surface area (Å²) in [7, 11) is 0. The molecule has 0 saturated carbocycles.